The van der Waals surface area contributed by atoms with Crippen LogP contribution in [-0.4, -0.2) is 53.2 Å². The van der Waals surface area contributed by atoms with Crippen molar-refractivity contribution in [3.63, 3.8) is 0 Å². The molecule has 1 saturated heterocycles. The Morgan fingerprint density at radius 2 is 2.26 bits per heavy atom. The number of esters is 1. The zero-order chi connectivity index (χ0) is 14.4. The van der Waals surface area contributed by atoms with Crippen molar-refractivity contribution in [1.82, 2.24) is 10.2 Å². The highest BCUT2D eigenvalue weighted by Gasteiger charge is 2.34. The van der Waals surface area contributed by atoms with E-state index in [0.29, 0.717) is 19.5 Å². The molecule has 2 amide bonds. The van der Waals surface area contributed by atoms with Gasteiger partial charge in [-0.25, -0.2) is 0 Å². The zero-order valence-electron chi connectivity index (χ0n) is 11.1. The summed E-state index contributed by atoms with van der Waals surface area (Å²) in [6.07, 6.45) is 0.432. The van der Waals surface area contributed by atoms with Crippen LogP contribution in [0.2, 0.25) is 0 Å². The number of hydrogen-bond donors (Lipinski definition) is 1. The highest BCUT2D eigenvalue weighted by Crippen LogP contribution is 2.12. The van der Waals surface area contributed by atoms with Gasteiger partial charge in [-0.2, -0.15) is 0 Å². The maximum atomic E-state index is 11.8. The van der Waals surface area contributed by atoms with E-state index in [1.54, 1.807) is 6.92 Å². The lowest BCUT2D eigenvalue weighted by Crippen LogP contribution is -2.58. The van der Waals surface area contributed by atoms with Crippen molar-refractivity contribution >= 4 is 33.7 Å². The summed E-state index contributed by atoms with van der Waals surface area (Å²) in [5.74, 6) is -0.957. The van der Waals surface area contributed by atoms with Crippen LogP contribution < -0.4 is 5.32 Å². The molecule has 0 aromatic heterocycles. The first-order valence-corrected chi connectivity index (χ1v) is 7.44. The van der Waals surface area contributed by atoms with E-state index < -0.39 is 12.0 Å². The molecule has 0 bridgehead atoms. The Balaban J connectivity index is 2.67. The Morgan fingerprint density at radius 3 is 2.84 bits per heavy atom. The fraction of sp³-hybridized carbons (Fsp3) is 0.750. The van der Waals surface area contributed by atoms with Crippen LogP contribution in [0.4, 0.5) is 0 Å². The second-order valence-electron chi connectivity index (χ2n) is 4.44. The lowest BCUT2D eigenvalue weighted by Gasteiger charge is -2.34. The zero-order valence-corrected chi connectivity index (χ0v) is 12.7. The van der Waals surface area contributed by atoms with Crippen molar-refractivity contribution in [3.8, 4) is 0 Å². The molecular formula is C12H19BrN2O4. The van der Waals surface area contributed by atoms with Gasteiger partial charge in [0, 0.05) is 13.1 Å². The number of alkyl halides is 1. The first-order chi connectivity index (χ1) is 8.99. The Morgan fingerprint density at radius 1 is 1.58 bits per heavy atom. The smallest absolute Gasteiger partial charge is 0.308 e. The molecule has 19 heavy (non-hydrogen) atoms. The van der Waals surface area contributed by atoms with Crippen LogP contribution in [0.25, 0.3) is 0 Å². The number of nitrogens with one attached hydrogen (secondary N) is 1. The molecule has 6 nitrogen and oxygen atoms in total. The summed E-state index contributed by atoms with van der Waals surface area (Å²) in [7, 11) is 0. The Hall–Kier alpha value is -1.11. The predicted molar refractivity (Wildman–Crippen MR) is 72.8 cm³/mol. The molecule has 1 N–H and O–H groups in total. The third kappa shape index (κ3) is 4.49. The average molecular weight is 335 g/mol. The van der Waals surface area contributed by atoms with Crippen molar-refractivity contribution in [2.45, 2.75) is 38.8 Å². The number of hydrogen-bond acceptors (Lipinski definition) is 4. The molecule has 2 atom stereocenters. The molecule has 7 heteroatoms. The third-order valence-corrected chi connectivity index (χ3v) is 3.51. The molecule has 0 radical (unpaired) electrons. The first-order valence-electron chi connectivity index (χ1n) is 6.32. The molecule has 1 aliphatic heterocycles. The summed E-state index contributed by atoms with van der Waals surface area (Å²) >= 11 is 3.08. The predicted octanol–water partition coefficient (Wildman–Crippen LogP) is 0.440. The van der Waals surface area contributed by atoms with E-state index in [4.69, 9.17) is 4.74 Å². The number of carbonyl (C=O) groups is 3. The molecule has 1 fully saturated rings. The largest absolute Gasteiger partial charge is 0.463 e. The third-order valence-electron chi connectivity index (χ3n) is 3.03. The Kier molecular flexibility index (Phi) is 6.27. The summed E-state index contributed by atoms with van der Waals surface area (Å²) in [5, 5.41) is 2.79. The molecule has 108 valence electrons. The normalized spacial score (nSPS) is 20.7. The average Bonchev–Trinajstić information content (AvgIpc) is 2.39. The molecule has 0 spiro atoms. The van der Waals surface area contributed by atoms with E-state index in [9.17, 15) is 14.4 Å². The molecule has 0 aromatic rings. The minimum Gasteiger partial charge on any atom is -0.463 e. The maximum absolute atomic E-state index is 11.8. The van der Waals surface area contributed by atoms with E-state index in [0.717, 1.165) is 0 Å². The topological polar surface area (TPSA) is 75.7 Å². The lowest BCUT2D eigenvalue weighted by atomic mass is 10.1. The number of amides is 2. The summed E-state index contributed by atoms with van der Waals surface area (Å²) in [5.41, 5.74) is 0. The number of carbonyl (C=O) groups excluding carboxylic acids is 3. The Bertz CT molecular complexity index is 362. The van der Waals surface area contributed by atoms with Crippen LogP contribution in [0.15, 0.2) is 0 Å². The van der Waals surface area contributed by atoms with Crippen LogP contribution >= 0.6 is 15.9 Å². The molecule has 0 unspecified atom stereocenters. The van der Waals surface area contributed by atoms with Gasteiger partial charge in [0.15, 0.2) is 0 Å². The van der Waals surface area contributed by atoms with E-state index >= 15 is 0 Å². The SMILES string of the molecule is CC[C@H](C)OC(=O)C[C@@H]1C(=O)NCCN1C(=O)CBr. The number of rotatable bonds is 5. The minimum atomic E-state index is -0.768. The van der Waals surface area contributed by atoms with Gasteiger partial charge in [0.05, 0.1) is 17.9 Å². The molecular weight excluding hydrogens is 316 g/mol. The summed E-state index contributed by atoms with van der Waals surface area (Å²) in [6, 6.07) is -0.768. The van der Waals surface area contributed by atoms with E-state index in [2.05, 4.69) is 21.2 Å². The van der Waals surface area contributed by atoms with Crippen molar-refractivity contribution in [1.29, 1.82) is 0 Å². The molecule has 0 saturated carbocycles. The number of halogens is 1. The quantitative estimate of drug-likeness (QED) is 0.584. The van der Waals surface area contributed by atoms with Gasteiger partial charge >= 0.3 is 5.97 Å². The fourth-order valence-corrected chi connectivity index (χ4v) is 2.13. The molecule has 1 rings (SSSR count). The van der Waals surface area contributed by atoms with Gasteiger partial charge < -0.3 is 15.0 Å². The van der Waals surface area contributed by atoms with E-state index in [1.807, 2.05) is 6.92 Å². The van der Waals surface area contributed by atoms with Crippen LogP contribution in [0.1, 0.15) is 26.7 Å². The lowest BCUT2D eigenvalue weighted by molar-refractivity contribution is -0.154. The fourth-order valence-electron chi connectivity index (χ4n) is 1.81. The first kappa shape index (κ1) is 15.9. The van der Waals surface area contributed by atoms with Gasteiger partial charge in [0.25, 0.3) is 0 Å². The minimum absolute atomic E-state index is 0.102. The Labute approximate surface area is 121 Å². The van der Waals surface area contributed by atoms with Crippen LogP contribution in [-0.2, 0) is 19.1 Å². The van der Waals surface area contributed by atoms with Crippen molar-refractivity contribution in [2.75, 3.05) is 18.4 Å². The van der Waals surface area contributed by atoms with Crippen LogP contribution in [0.3, 0.4) is 0 Å². The molecule has 1 heterocycles. The highest BCUT2D eigenvalue weighted by molar-refractivity contribution is 9.09. The van der Waals surface area contributed by atoms with Gasteiger partial charge in [-0.15, -0.1) is 0 Å². The number of piperazine rings is 1. The van der Waals surface area contributed by atoms with Crippen molar-refractivity contribution in [3.05, 3.63) is 0 Å². The standard InChI is InChI=1S/C12H19BrN2O4/c1-3-8(2)19-11(17)6-9-12(18)14-4-5-15(9)10(16)7-13/h8-9H,3-7H2,1-2H3,(H,14,18)/t8-,9+/m0/s1. The second-order valence-corrected chi connectivity index (χ2v) is 5.00. The number of ether oxygens (including phenoxy) is 1. The monoisotopic (exact) mass is 334 g/mol. The molecule has 0 aromatic carbocycles. The van der Waals surface area contributed by atoms with Crippen LogP contribution in [0.5, 0.6) is 0 Å². The summed E-state index contributed by atoms with van der Waals surface area (Å²) in [4.78, 5) is 36.7. The van der Waals surface area contributed by atoms with Crippen LogP contribution in [0, 0.1) is 0 Å². The van der Waals surface area contributed by atoms with Gasteiger partial charge in [-0.05, 0) is 13.3 Å². The maximum Gasteiger partial charge on any atom is 0.308 e. The van der Waals surface area contributed by atoms with Gasteiger partial charge in [-0.3, -0.25) is 14.4 Å². The van der Waals surface area contributed by atoms with Gasteiger partial charge in [0.1, 0.15) is 6.04 Å². The molecule has 1 aliphatic rings. The van der Waals surface area contributed by atoms with E-state index in [1.165, 1.54) is 4.90 Å². The van der Waals surface area contributed by atoms with Gasteiger partial charge in [0.2, 0.25) is 11.8 Å². The highest BCUT2D eigenvalue weighted by atomic mass is 79.9. The van der Waals surface area contributed by atoms with Crippen molar-refractivity contribution in [2.24, 2.45) is 0 Å². The van der Waals surface area contributed by atoms with Crippen molar-refractivity contribution < 1.29 is 19.1 Å². The summed E-state index contributed by atoms with van der Waals surface area (Å²) in [6.45, 7) is 4.53. The van der Waals surface area contributed by atoms with Gasteiger partial charge in [-0.1, -0.05) is 22.9 Å². The summed E-state index contributed by atoms with van der Waals surface area (Å²) < 4.78 is 5.14. The second kappa shape index (κ2) is 7.47. The number of nitrogens with zero attached hydrogens (tertiary/aromatic N) is 1. The van der Waals surface area contributed by atoms with E-state index in [-0.39, 0.29) is 29.7 Å². The molecule has 0 aliphatic carbocycles.